The second-order valence-electron chi connectivity index (χ2n) is 4.33. The van der Waals surface area contributed by atoms with Crippen LogP contribution in [0.5, 0.6) is 0 Å². The third kappa shape index (κ3) is 2.29. The number of hydrogen-bond donors (Lipinski definition) is 1. The zero-order valence-electron chi connectivity index (χ0n) is 10.6. The monoisotopic (exact) mass is 270 g/mol. The first kappa shape index (κ1) is 12.0. The van der Waals surface area contributed by atoms with E-state index in [1.165, 1.54) is 5.56 Å². The summed E-state index contributed by atoms with van der Waals surface area (Å²) in [6.45, 7) is 2.05. The van der Waals surface area contributed by atoms with Crippen molar-refractivity contribution in [1.82, 2.24) is 14.6 Å². The summed E-state index contributed by atoms with van der Waals surface area (Å²) in [6.07, 6.45) is 1.98. The molecule has 3 aromatic rings. The van der Waals surface area contributed by atoms with Gasteiger partial charge in [-0.25, -0.2) is 0 Å². The lowest BCUT2D eigenvalue weighted by Gasteiger charge is -2.07. The van der Waals surface area contributed by atoms with Gasteiger partial charge in [-0.1, -0.05) is 30.0 Å². The smallest absolute Gasteiger partial charge is 0.195 e. The number of nitrogen functional groups attached to an aromatic ring is 1. The molecule has 0 saturated carbocycles. The number of fused-ring (bicyclic) bond motifs is 1. The molecule has 0 fully saturated rings. The molecule has 19 heavy (non-hydrogen) atoms. The van der Waals surface area contributed by atoms with Crippen LogP contribution in [0.3, 0.4) is 0 Å². The summed E-state index contributed by atoms with van der Waals surface area (Å²) in [7, 11) is 0. The number of thioether (sulfide) groups is 1. The molecule has 0 spiro atoms. The Hall–Kier alpha value is -2.01. The van der Waals surface area contributed by atoms with Gasteiger partial charge in [0.25, 0.3) is 0 Å². The van der Waals surface area contributed by atoms with Crippen molar-refractivity contribution in [3.63, 3.8) is 0 Å². The summed E-state index contributed by atoms with van der Waals surface area (Å²) in [5.74, 6) is 0.840. The van der Waals surface area contributed by atoms with Gasteiger partial charge in [-0.3, -0.25) is 4.40 Å². The summed E-state index contributed by atoms with van der Waals surface area (Å²) in [4.78, 5) is 0. The fraction of sp³-hybridized carbons (Fsp3) is 0.143. The van der Waals surface area contributed by atoms with Crippen molar-refractivity contribution in [2.45, 2.75) is 17.8 Å². The number of pyridine rings is 1. The van der Waals surface area contributed by atoms with Crippen LogP contribution in [0.2, 0.25) is 0 Å². The van der Waals surface area contributed by atoms with E-state index in [1.807, 2.05) is 47.9 Å². The number of nitrogens with zero attached hydrogens (tertiary/aromatic N) is 3. The second kappa shape index (κ2) is 4.93. The summed E-state index contributed by atoms with van der Waals surface area (Å²) < 4.78 is 1.99. The van der Waals surface area contributed by atoms with Crippen LogP contribution in [-0.4, -0.2) is 14.6 Å². The zero-order chi connectivity index (χ0) is 13.2. The molecule has 2 heterocycles. The van der Waals surface area contributed by atoms with Crippen molar-refractivity contribution in [2.75, 3.05) is 5.73 Å². The molecule has 96 valence electrons. The standard InChI is InChI=1S/C14H14N4S/c1-10-11(5-4-6-12(10)15)9-19-14-17-16-13-7-2-3-8-18(13)14/h2-8H,9,15H2,1H3. The lowest BCUT2D eigenvalue weighted by molar-refractivity contribution is 0.921. The number of hydrogen-bond acceptors (Lipinski definition) is 4. The number of benzene rings is 1. The van der Waals surface area contributed by atoms with E-state index in [9.17, 15) is 0 Å². The first-order valence-electron chi connectivity index (χ1n) is 6.02. The lowest BCUT2D eigenvalue weighted by atomic mass is 10.1. The minimum atomic E-state index is 0.837. The highest BCUT2D eigenvalue weighted by molar-refractivity contribution is 7.98. The van der Waals surface area contributed by atoms with Crippen molar-refractivity contribution in [2.24, 2.45) is 0 Å². The molecule has 0 radical (unpaired) electrons. The highest BCUT2D eigenvalue weighted by atomic mass is 32.2. The molecule has 0 aliphatic rings. The van der Waals surface area contributed by atoms with Gasteiger partial charge in [0.1, 0.15) is 0 Å². The maximum atomic E-state index is 5.92. The Morgan fingerprint density at radius 2 is 2.05 bits per heavy atom. The molecule has 0 bridgehead atoms. The molecule has 2 aromatic heterocycles. The van der Waals surface area contributed by atoms with Gasteiger partial charge in [0, 0.05) is 17.6 Å². The van der Waals surface area contributed by atoms with E-state index in [1.54, 1.807) is 11.8 Å². The molecule has 0 saturated heterocycles. The predicted molar refractivity (Wildman–Crippen MR) is 78.1 cm³/mol. The molecule has 3 rings (SSSR count). The van der Waals surface area contributed by atoms with Crippen molar-refractivity contribution in [1.29, 1.82) is 0 Å². The Morgan fingerprint density at radius 3 is 2.95 bits per heavy atom. The van der Waals surface area contributed by atoms with Crippen molar-refractivity contribution >= 4 is 23.1 Å². The van der Waals surface area contributed by atoms with Gasteiger partial charge in [-0.15, -0.1) is 10.2 Å². The summed E-state index contributed by atoms with van der Waals surface area (Å²) in [6, 6.07) is 11.9. The fourth-order valence-corrected chi connectivity index (χ4v) is 2.91. The minimum absolute atomic E-state index is 0.837. The van der Waals surface area contributed by atoms with E-state index >= 15 is 0 Å². The minimum Gasteiger partial charge on any atom is -0.399 e. The lowest BCUT2D eigenvalue weighted by Crippen LogP contribution is -1.94. The van der Waals surface area contributed by atoms with Crippen LogP contribution in [0.1, 0.15) is 11.1 Å². The molecule has 1 aromatic carbocycles. The van der Waals surface area contributed by atoms with Gasteiger partial charge in [-0.05, 0) is 36.2 Å². The Kier molecular flexibility index (Phi) is 3.13. The summed E-state index contributed by atoms with van der Waals surface area (Å²) in [5, 5.41) is 9.25. The topological polar surface area (TPSA) is 56.2 Å². The van der Waals surface area contributed by atoms with Crippen LogP contribution in [-0.2, 0) is 5.75 Å². The SMILES string of the molecule is Cc1c(N)cccc1CSc1nnc2ccccn12. The molecule has 5 heteroatoms. The molecule has 2 N–H and O–H groups in total. The van der Waals surface area contributed by atoms with E-state index in [0.717, 1.165) is 27.8 Å². The van der Waals surface area contributed by atoms with Gasteiger partial charge in [-0.2, -0.15) is 0 Å². The Morgan fingerprint density at radius 1 is 1.16 bits per heavy atom. The van der Waals surface area contributed by atoms with Crippen molar-refractivity contribution in [3.8, 4) is 0 Å². The van der Waals surface area contributed by atoms with Gasteiger partial charge in [0.2, 0.25) is 0 Å². The average Bonchev–Trinajstić information content (AvgIpc) is 2.84. The molecule has 0 amide bonds. The van der Waals surface area contributed by atoms with Crippen LogP contribution in [0, 0.1) is 6.92 Å². The molecule has 0 aliphatic heterocycles. The average molecular weight is 270 g/mol. The maximum Gasteiger partial charge on any atom is 0.195 e. The molecule has 0 aliphatic carbocycles. The first-order valence-corrected chi connectivity index (χ1v) is 7.01. The summed E-state index contributed by atoms with van der Waals surface area (Å²) >= 11 is 1.67. The van der Waals surface area contributed by atoms with E-state index in [-0.39, 0.29) is 0 Å². The molecule has 0 atom stereocenters. The Bertz CT molecular complexity index is 720. The molecular weight excluding hydrogens is 256 g/mol. The van der Waals surface area contributed by atoms with Gasteiger partial charge >= 0.3 is 0 Å². The number of rotatable bonds is 3. The number of nitrogens with two attached hydrogens (primary N) is 1. The van der Waals surface area contributed by atoms with Crippen LogP contribution in [0.15, 0.2) is 47.8 Å². The van der Waals surface area contributed by atoms with Crippen LogP contribution in [0.4, 0.5) is 5.69 Å². The van der Waals surface area contributed by atoms with Gasteiger partial charge in [0.15, 0.2) is 10.8 Å². The van der Waals surface area contributed by atoms with E-state index in [2.05, 4.69) is 16.3 Å². The van der Waals surface area contributed by atoms with Crippen LogP contribution >= 0.6 is 11.8 Å². The Labute approximate surface area is 115 Å². The number of anilines is 1. The first-order chi connectivity index (χ1) is 9.25. The molecular formula is C14H14N4S. The predicted octanol–water partition coefficient (Wildman–Crippen LogP) is 2.91. The molecule has 4 nitrogen and oxygen atoms in total. The van der Waals surface area contributed by atoms with E-state index in [0.29, 0.717) is 0 Å². The zero-order valence-corrected chi connectivity index (χ0v) is 11.4. The number of aromatic nitrogens is 3. The van der Waals surface area contributed by atoms with E-state index < -0.39 is 0 Å². The van der Waals surface area contributed by atoms with Crippen molar-refractivity contribution in [3.05, 3.63) is 53.7 Å². The largest absolute Gasteiger partial charge is 0.399 e. The third-order valence-corrected chi connectivity index (χ3v) is 4.12. The quantitative estimate of drug-likeness (QED) is 0.587. The fourth-order valence-electron chi connectivity index (χ4n) is 1.92. The molecule has 0 unspecified atom stereocenters. The maximum absolute atomic E-state index is 5.92. The normalized spacial score (nSPS) is 11.0. The summed E-state index contributed by atoms with van der Waals surface area (Å²) in [5.41, 5.74) is 10.0. The third-order valence-electron chi connectivity index (χ3n) is 3.13. The van der Waals surface area contributed by atoms with Gasteiger partial charge < -0.3 is 5.73 Å². The highest BCUT2D eigenvalue weighted by Gasteiger charge is 2.07. The Balaban J connectivity index is 1.84. The van der Waals surface area contributed by atoms with Crippen molar-refractivity contribution < 1.29 is 0 Å². The van der Waals surface area contributed by atoms with Crippen LogP contribution in [0.25, 0.3) is 5.65 Å². The second-order valence-corrected chi connectivity index (χ2v) is 5.27. The highest BCUT2D eigenvalue weighted by Crippen LogP contribution is 2.25. The van der Waals surface area contributed by atoms with Gasteiger partial charge in [0.05, 0.1) is 0 Å². The van der Waals surface area contributed by atoms with Crippen LogP contribution < -0.4 is 5.73 Å². The van der Waals surface area contributed by atoms with E-state index in [4.69, 9.17) is 5.73 Å².